The molecular weight excluding hydrogens is 633 g/mol. The molecule has 0 aliphatic heterocycles. The van der Waals surface area contributed by atoms with Gasteiger partial charge >= 0.3 is 0 Å². The van der Waals surface area contributed by atoms with Gasteiger partial charge in [0.05, 0.1) is 17.7 Å². The molecule has 8 nitrogen and oxygen atoms in total. The minimum absolute atomic E-state index is 0.0342. The zero-order valence-electron chi connectivity index (χ0n) is 25.2. The summed E-state index contributed by atoms with van der Waals surface area (Å²) >= 11 is 12.8. The number of amides is 2. The molecule has 0 heterocycles. The lowest BCUT2D eigenvalue weighted by molar-refractivity contribution is -0.140. The SMILES string of the molecule is COc1ccc(S(=O)(=O)N(CC(=O)N(Cc2ccccc2Cl)C(Cc2ccccc2)C(=O)NC(C)C)c2cccc(Cl)c2)cc1. The molecule has 0 aliphatic rings. The van der Waals surface area contributed by atoms with Crippen LogP contribution in [0.1, 0.15) is 25.0 Å². The molecule has 0 saturated carbocycles. The number of anilines is 1. The van der Waals surface area contributed by atoms with Crippen molar-refractivity contribution in [2.75, 3.05) is 18.0 Å². The van der Waals surface area contributed by atoms with E-state index in [1.165, 1.54) is 42.3 Å². The quantitative estimate of drug-likeness (QED) is 0.179. The van der Waals surface area contributed by atoms with E-state index in [4.69, 9.17) is 27.9 Å². The van der Waals surface area contributed by atoms with Gasteiger partial charge in [-0.2, -0.15) is 0 Å². The molecule has 0 spiro atoms. The summed E-state index contributed by atoms with van der Waals surface area (Å²) in [7, 11) is -2.80. The second kappa shape index (κ2) is 15.3. The molecule has 0 aliphatic carbocycles. The fraction of sp³-hybridized carbons (Fsp3) is 0.235. The average molecular weight is 669 g/mol. The Morgan fingerprint density at radius 2 is 1.53 bits per heavy atom. The van der Waals surface area contributed by atoms with Crippen molar-refractivity contribution in [2.45, 2.75) is 43.8 Å². The number of nitrogens with one attached hydrogen (secondary N) is 1. The molecular formula is C34H35Cl2N3O5S. The highest BCUT2D eigenvalue weighted by molar-refractivity contribution is 7.92. The van der Waals surface area contributed by atoms with Crippen molar-refractivity contribution in [3.05, 3.63) is 124 Å². The van der Waals surface area contributed by atoms with E-state index in [1.54, 1.807) is 42.5 Å². The van der Waals surface area contributed by atoms with Crippen LogP contribution in [0.3, 0.4) is 0 Å². The van der Waals surface area contributed by atoms with Crippen LogP contribution < -0.4 is 14.4 Å². The Morgan fingerprint density at radius 3 is 2.16 bits per heavy atom. The van der Waals surface area contributed by atoms with Crippen LogP contribution in [0.2, 0.25) is 10.0 Å². The average Bonchev–Trinajstić information content (AvgIpc) is 3.02. The zero-order chi connectivity index (χ0) is 32.6. The van der Waals surface area contributed by atoms with Crippen molar-refractivity contribution < 1.29 is 22.7 Å². The number of ether oxygens (including phenoxy) is 1. The van der Waals surface area contributed by atoms with Crippen LogP contribution in [0.4, 0.5) is 5.69 Å². The lowest BCUT2D eigenvalue weighted by Gasteiger charge is -2.34. The molecule has 0 saturated heterocycles. The Bertz CT molecular complexity index is 1720. The predicted molar refractivity (Wildman–Crippen MR) is 178 cm³/mol. The van der Waals surface area contributed by atoms with Gasteiger partial charge < -0.3 is 15.0 Å². The van der Waals surface area contributed by atoms with Gasteiger partial charge in [0, 0.05) is 29.1 Å². The summed E-state index contributed by atoms with van der Waals surface area (Å²) in [5.41, 5.74) is 1.63. The lowest BCUT2D eigenvalue weighted by atomic mass is 10.0. The number of hydrogen-bond acceptors (Lipinski definition) is 5. The first-order chi connectivity index (χ1) is 21.5. The van der Waals surface area contributed by atoms with Gasteiger partial charge in [-0.25, -0.2) is 8.42 Å². The molecule has 0 bridgehead atoms. The Hall–Kier alpha value is -4.05. The van der Waals surface area contributed by atoms with E-state index in [9.17, 15) is 18.0 Å². The maximum atomic E-state index is 14.5. The minimum Gasteiger partial charge on any atom is -0.497 e. The molecule has 0 radical (unpaired) electrons. The van der Waals surface area contributed by atoms with Crippen molar-refractivity contribution in [2.24, 2.45) is 0 Å². The lowest BCUT2D eigenvalue weighted by Crippen LogP contribution is -2.54. The van der Waals surface area contributed by atoms with Crippen molar-refractivity contribution in [3.8, 4) is 5.75 Å². The number of rotatable bonds is 13. The van der Waals surface area contributed by atoms with Crippen LogP contribution in [-0.2, 0) is 32.6 Å². The van der Waals surface area contributed by atoms with Gasteiger partial charge in [0.15, 0.2) is 0 Å². The van der Waals surface area contributed by atoms with E-state index >= 15 is 0 Å². The molecule has 0 fully saturated rings. The van der Waals surface area contributed by atoms with Crippen molar-refractivity contribution in [3.63, 3.8) is 0 Å². The Balaban J connectivity index is 1.81. The molecule has 1 unspecified atom stereocenters. The van der Waals surface area contributed by atoms with Gasteiger partial charge in [-0.1, -0.05) is 77.8 Å². The molecule has 4 aromatic carbocycles. The van der Waals surface area contributed by atoms with E-state index in [0.717, 1.165) is 9.87 Å². The molecule has 0 aromatic heterocycles. The molecule has 236 valence electrons. The van der Waals surface area contributed by atoms with Crippen LogP contribution in [0.15, 0.2) is 108 Å². The van der Waals surface area contributed by atoms with Gasteiger partial charge in [-0.05, 0) is 73.5 Å². The van der Waals surface area contributed by atoms with E-state index in [2.05, 4.69) is 5.32 Å². The normalized spacial score (nSPS) is 12.0. The highest BCUT2D eigenvalue weighted by Gasteiger charge is 2.35. The van der Waals surface area contributed by atoms with Crippen molar-refractivity contribution in [1.29, 1.82) is 0 Å². The fourth-order valence-corrected chi connectivity index (χ4v) is 6.57. The number of halogens is 2. The highest BCUT2D eigenvalue weighted by atomic mass is 35.5. The largest absolute Gasteiger partial charge is 0.497 e. The number of methoxy groups -OCH3 is 1. The number of carbonyl (C=O) groups is 2. The topological polar surface area (TPSA) is 96.0 Å². The summed E-state index contributed by atoms with van der Waals surface area (Å²) < 4.78 is 34.4. The Kier molecular flexibility index (Phi) is 11.5. The number of carbonyl (C=O) groups excluding carboxylic acids is 2. The summed E-state index contributed by atoms with van der Waals surface area (Å²) in [6.07, 6.45) is 0.192. The summed E-state index contributed by atoms with van der Waals surface area (Å²) in [5, 5.41) is 3.64. The second-order valence-electron chi connectivity index (χ2n) is 10.6. The zero-order valence-corrected chi connectivity index (χ0v) is 27.5. The summed E-state index contributed by atoms with van der Waals surface area (Å²) in [6, 6.07) is 27.3. The molecule has 4 aromatic rings. The van der Waals surface area contributed by atoms with Crippen molar-refractivity contribution >= 4 is 50.7 Å². The van der Waals surface area contributed by atoms with Gasteiger partial charge in [0.1, 0.15) is 18.3 Å². The van der Waals surface area contributed by atoms with E-state index in [1.807, 2.05) is 44.2 Å². The van der Waals surface area contributed by atoms with E-state index in [-0.39, 0.29) is 35.5 Å². The standard InChI is InChI=1S/C34H35Cl2N3O5S/c1-24(2)37-34(41)32(20-25-10-5-4-6-11-25)38(22-26-12-7-8-15-31(26)36)33(40)23-39(28-14-9-13-27(35)21-28)45(42,43)30-18-16-29(44-3)17-19-30/h4-19,21,24,32H,20,22-23H2,1-3H3,(H,37,41). The predicted octanol–water partition coefficient (Wildman–Crippen LogP) is 6.36. The maximum Gasteiger partial charge on any atom is 0.264 e. The van der Waals surface area contributed by atoms with Crippen LogP contribution >= 0.6 is 23.2 Å². The maximum absolute atomic E-state index is 14.5. The number of hydrogen-bond donors (Lipinski definition) is 1. The van der Waals surface area contributed by atoms with Crippen LogP contribution in [0.25, 0.3) is 0 Å². The number of nitrogens with zero attached hydrogens (tertiary/aromatic N) is 2. The molecule has 11 heteroatoms. The van der Waals surface area contributed by atoms with Crippen LogP contribution in [0.5, 0.6) is 5.75 Å². The Labute approximate surface area is 274 Å². The highest BCUT2D eigenvalue weighted by Crippen LogP contribution is 2.28. The summed E-state index contributed by atoms with van der Waals surface area (Å²) in [6.45, 7) is 3.02. The molecule has 2 amide bonds. The third-order valence-electron chi connectivity index (χ3n) is 7.02. The first-order valence-electron chi connectivity index (χ1n) is 14.3. The van der Waals surface area contributed by atoms with Gasteiger partial charge in [-0.15, -0.1) is 0 Å². The van der Waals surface area contributed by atoms with Gasteiger partial charge in [0.25, 0.3) is 10.0 Å². The number of sulfonamides is 1. The second-order valence-corrected chi connectivity index (χ2v) is 13.4. The van der Waals surface area contributed by atoms with Gasteiger partial charge in [0.2, 0.25) is 11.8 Å². The molecule has 1 N–H and O–H groups in total. The first-order valence-corrected chi connectivity index (χ1v) is 16.5. The molecule has 1 atom stereocenters. The van der Waals surface area contributed by atoms with Gasteiger partial charge in [-0.3, -0.25) is 13.9 Å². The fourth-order valence-electron chi connectivity index (χ4n) is 4.78. The first kappa shape index (κ1) is 33.8. The van der Waals surface area contributed by atoms with E-state index < -0.39 is 28.5 Å². The van der Waals surface area contributed by atoms with Crippen LogP contribution in [-0.4, -0.2) is 50.9 Å². The van der Waals surface area contributed by atoms with E-state index in [0.29, 0.717) is 21.4 Å². The monoisotopic (exact) mass is 667 g/mol. The Morgan fingerprint density at radius 1 is 0.867 bits per heavy atom. The minimum atomic E-state index is -4.28. The smallest absolute Gasteiger partial charge is 0.264 e. The van der Waals surface area contributed by atoms with Crippen LogP contribution in [0, 0.1) is 0 Å². The summed E-state index contributed by atoms with van der Waals surface area (Å²) in [4.78, 5) is 29.6. The number of benzene rings is 4. The van der Waals surface area contributed by atoms with Crippen molar-refractivity contribution in [1.82, 2.24) is 10.2 Å². The summed E-state index contributed by atoms with van der Waals surface area (Å²) in [5.74, 6) is -0.501. The third-order valence-corrected chi connectivity index (χ3v) is 9.41. The molecule has 4 rings (SSSR count). The molecule has 45 heavy (non-hydrogen) atoms. The third kappa shape index (κ3) is 8.78.